The fourth-order valence-corrected chi connectivity index (χ4v) is 3.83. The number of carbonyl (C=O) groups is 1. The first-order valence-electron chi connectivity index (χ1n) is 8.30. The minimum Gasteiger partial charge on any atom is -0.353 e. The van der Waals surface area contributed by atoms with E-state index in [1.165, 1.54) is 0 Å². The van der Waals surface area contributed by atoms with Crippen molar-refractivity contribution >= 4 is 38.4 Å². The Morgan fingerprint density at radius 3 is 3.04 bits per heavy atom. The van der Waals surface area contributed by atoms with E-state index in [2.05, 4.69) is 35.9 Å². The summed E-state index contributed by atoms with van der Waals surface area (Å²) in [7, 11) is 1.82. The quantitative estimate of drug-likeness (QED) is 0.629. The lowest BCUT2D eigenvalue weighted by Gasteiger charge is -2.26. The highest BCUT2D eigenvalue weighted by molar-refractivity contribution is 9.10. The Labute approximate surface area is 154 Å². The second-order valence-electron chi connectivity index (χ2n) is 6.38. The summed E-state index contributed by atoms with van der Waals surface area (Å²) < 4.78 is 2.66. The highest BCUT2D eigenvalue weighted by Gasteiger charge is 2.29. The molecule has 1 unspecified atom stereocenters. The molecule has 3 heterocycles. The molecule has 2 aromatic heterocycles. The first-order valence-corrected chi connectivity index (χ1v) is 9.10. The van der Waals surface area contributed by atoms with Crippen molar-refractivity contribution in [1.29, 1.82) is 0 Å². The molecule has 0 N–H and O–H groups in total. The smallest absolute Gasteiger partial charge is 0.168 e. The third kappa shape index (κ3) is 3.16. The molecule has 4 rings (SSSR count). The maximum atomic E-state index is 12.6. The van der Waals surface area contributed by atoms with Crippen molar-refractivity contribution in [2.24, 2.45) is 7.05 Å². The van der Waals surface area contributed by atoms with Crippen molar-refractivity contribution in [1.82, 2.24) is 19.7 Å². The summed E-state index contributed by atoms with van der Waals surface area (Å²) in [4.78, 5) is 23.7. The van der Waals surface area contributed by atoms with Crippen LogP contribution < -0.4 is 4.90 Å². The van der Waals surface area contributed by atoms with Crippen LogP contribution in [-0.2, 0) is 7.05 Å². The molecule has 0 aliphatic carbocycles. The van der Waals surface area contributed by atoms with Gasteiger partial charge in [0.05, 0.1) is 17.3 Å². The number of halogens is 1. The van der Waals surface area contributed by atoms with E-state index in [-0.39, 0.29) is 11.8 Å². The molecule has 0 bridgehead atoms. The van der Waals surface area contributed by atoms with Gasteiger partial charge in [-0.2, -0.15) is 5.10 Å². The fourth-order valence-electron chi connectivity index (χ4n) is 3.47. The highest BCUT2D eigenvalue weighted by atomic mass is 79.9. The lowest BCUT2D eigenvalue weighted by Crippen LogP contribution is -2.32. The monoisotopic (exact) mass is 399 g/mol. The van der Waals surface area contributed by atoms with Gasteiger partial charge in [0, 0.05) is 42.1 Å². The summed E-state index contributed by atoms with van der Waals surface area (Å²) in [6.07, 6.45) is 7.54. The molecule has 7 heteroatoms. The van der Waals surface area contributed by atoms with Crippen molar-refractivity contribution in [3.8, 4) is 0 Å². The third-order valence-electron chi connectivity index (χ3n) is 4.67. The van der Waals surface area contributed by atoms with E-state index >= 15 is 0 Å². The Balaban J connectivity index is 1.64. The lowest BCUT2D eigenvalue weighted by atomic mass is 10.0. The number of carbonyl (C=O) groups excluding carboxylic acids is 1. The zero-order valence-corrected chi connectivity index (χ0v) is 15.5. The van der Waals surface area contributed by atoms with Crippen LogP contribution in [0.25, 0.3) is 10.9 Å². The molecule has 1 saturated heterocycles. The van der Waals surface area contributed by atoms with Gasteiger partial charge in [-0.25, -0.2) is 9.97 Å². The van der Waals surface area contributed by atoms with E-state index in [9.17, 15) is 4.79 Å². The molecule has 3 aromatic rings. The van der Waals surface area contributed by atoms with Crippen LogP contribution >= 0.6 is 15.9 Å². The predicted octanol–water partition coefficient (Wildman–Crippen LogP) is 3.37. The number of hydrogen-bond acceptors (Lipinski definition) is 5. The Hall–Kier alpha value is -2.28. The maximum absolute atomic E-state index is 12.6. The van der Waals surface area contributed by atoms with Crippen LogP contribution in [0.4, 0.5) is 5.82 Å². The lowest BCUT2D eigenvalue weighted by molar-refractivity contribution is 0.0974. The van der Waals surface area contributed by atoms with Gasteiger partial charge >= 0.3 is 0 Å². The molecule has 0 saturated carbocycles. The number of hydrogen-bond donors (Lipinski definition) is 0. The Morgan fingerprint density at radius 1 is 1.36 bits per heavy atom. The normalized spacial score (nSPS) is 17.4. The van der Waals surface area contributed by atoms with E-state index in [1.54, 1.807) is 23.4 Å². The van der Waals surface area contributed by atoms with Gasteiger partial charge in [0.1, 0.15) is 12.1 Å². The van der Waals surface area contributed by atoms with Crippen LogP contribution in [0.2, 0.25) is 0 Å². The topological polar surface area (TPSA) is 63.9 Å². The van der Waals surface area contributed by atoms with Crippen LogP contribution in [0.15, 0.2) is 41.4 Å². The van der Waals surface area contributed by atoms with Crippen LogP contribution in [0.1, 0.15) is 29.6 Å². The number of benzene rings is 1. The molecule has 1 fully saturated rings. The summed E-state index contributed by atoms with van der Waals surface area (Å²) >= 11 is 3.53. The fraction of sp³-hybridized carbons (Fsp3) is 0.333. The average molecular weight is 400 g/mol. The molecule has 128 valence electrons. The summed E-state index contributed by atoms with van der Waals surface area (Å²) in [6.45, 7) is 0.906. The maximum Gasteiger partial charge on any atom is 0.168 e. The van der Waals surface area contributed by atoms with Gasteiger partial charge in [-0.3, -0.25) is 9.48 Å². The van der Waals surface area contributed by atoms with Crippen molar-refractivity contribution < 1.29 is 4.79 Å². The average Bonchev–Trinajstić information content (AvgIpc) is 3.23. The molecular formula is C18H18BrN5O. The van der Waals surface area contributed by atoms with Crippen LogP contribution in [0.5, 0.6) is 0 Å². The minimum absolute atomic E-state index is 0.129. The number of ketones is 1. The molecule has 0 spiro atoms. The highest BCUT2D eigenvalue weighted by Crippen LogP contribution is 2.32. The van der Waals surface area contributed by atoms with E-state index in [4.69, 9.17) is 0 Å². The van der Waals surface area contributed by atoms with Crippen molar-refractivity contribution in [2.45, 2.75) is 25.3 Å². The Kier molecular flexibility index (Phi) is 4.25. The van der Waals surface area contributed by atoms with E-state index in [1.807, 2.05) is 25.2 Å². The number of anilines is 1. The number of nitrogens with zero attached hydrogens (tertiary/aromatic N) is 5. The van der Waals surface area contributed by atoms with Gasteiger partial charge in [0.25, 0.3) is 0 Å². The number of aryl methyl sites for hydroxylation is 1. The first kappa shape index (κ1) is 16.2. The van der Waals surface area contributed by atoms with E-state index < -0.39 is 0 Å². The molecule has 0 radical (unpaired) electrons. The number of fused-ring (bicyclic) bond motifs is 1. The predicted molar refractivity (Wildman–Crippen MR) is 99.8 cm³/mol. The van der Waals surface area contributed by atoms with Gasteiger partial charge in [-0.05, 0) is 31.0 Å². The van der Waals surface area contributed by atoms with Crippen LogP contribution in [-0.4, -0.2) is 38.1 Å². The molecule has 1 aromatic carbocycles. The van der Waals surface area contributed by atoms with Gasteiger partial charge in [0.15, 0.2) is 5.78 Å². The van der Waals surface area contributed by atoms with Gasteiger partial charge in [0.2, 0.25) is 0 Å². The molecule has 1 aliphatic heterocycles. The number of rotatable bonds is 4. The third-order valence-corrected chi connectivity index (χ3v) is 5.17. The molecular weight excluding hydrogens is 382 g/mol. The van der Waals surface area contributed by atoms with E-state index in [0.29, 0.717) is 12.0 Å². The molecule has 1 aliphatic rings. The second-order valence-corrected chi connectivity index (χ2v) is 7.29. The van der Waals surface area contributed by atoms with E-state index in [0.717, 1.165) is 40.6 Å². The Bertz CT molecular complexity index is 938. The van der Waals surface area contributed by atoms with Crippen molar-refractivity contribution in [2.75, 3.05) is 11.4 Å². The van der Waals surface area contributed by atoms with Crippen LogP contribution in [0.3, 0.4) is 0 Å². The zero-order chi connectivity index (χ0) is 17.4. The standard InChI is InChI=1S/C18H18BrN5O/c1-23-10-12(9-22-23)17(25)8-14-3-2-6-24(14)18-15-7-13(19)4-5-16(15)20-11-21-18/h4-5,7,9-11,14H,2-3,6,8H2,1H3. The first-order chi connectivity index (χ1) is 12.1. The molecule has 0 amide bonds. The molecule has 6 nitrogen and oxygen atoms in total. The van der Waals surface area contributed by atoms with Gasteiger partial charge in [-0.15, -0.1) is 0 Å². The summed E-state index contributed by atoms with van der Waals surface area (Å²) in [5.41, 5.74) is 1.59. The SMILES string of the molecule is Cn1cc(C(=O)CC2CCCN2c2ncnc3ccc(Br)cc23)cn1. The number of Topliss-reactive ketones (excluding diaryl/α,β-unsaturated/α-hetero) is 1. The summed E-state index contributed by atoms with van der Waals surface area (Å²) in [6, 6.07) is 6.16. The minimum atomic E-state index is 0.129. The molecule has 25 heavy (non-hydrogen) atoms. The van der Waals surface area contributed by atoms with Crippen molar-refractivity contribution in [3.05, 3.63) is 47.0 Å². The van der Waals surface area contributed by atoms with Crippen LogP contribution in [0, 0.1) is 0 Å². The largest absolute Gasteiger partial charge is 0.353 e. The van der Waals surface area contributed by atoms with Crippen molar-refractivity contribution in [3.63, 3.8) is 0 Å². The summed E-state index contributed by atoms with van der Waals surface area (Å²) in [5.74, 6) is 1.04. The molecule has 1 atom stereocenters. The summed E-state index contributed by atoms with van der Waals surface area (Å²) in [5, 5.41) is 5.11. The number of aromatic nitrogens is 4. The zero-order valence-electron chi connectivity index (χ0n) is 13.9. The van der Waals surface area contributed by atoms with Gasteiger partial charge in [-0.1, -0.05) is 15.9 Å². The second kappa shape index (κ2) is 6.55. The van der Waals surface area contributed by atoms with Gasteiger partial charge < -0.3 is 4.90 Å². The Morgan fingerprint density at radius 2 is 2.24 bits per heavy atom.